The molecular formula is C14H9N4O3S-. The molecular weight excluding hydrogens is 304 g/mol. The third kappa shape index (κ3) is 2.72. The summed E-state index contributed by atoms with van der Waals surface area (Å²) in [6.07, 6.45) is 1.25. The van der Waals surface area contributed by atoms with E-state index in [1.807, 2.05) is 24.3 Å². The van der Waals surface area contributed by atoms with Gasteiger partial charge in [-0.25, -0.2) is 4.98 Å². The largest absolute Gasteiger partial charge is 0.867 e. The van der Waals surface area contributed by atoms with Gasteiger partial charge >= 0.3 is 0 Å². The number of nitro benzene ring substituents is 1. The Bertz CT molecular complexity index is 842. The first-order valence-corrected chi connectivity index (χ1v) is 7.06. The van der Waals surface area contributed by atoms with E-state index in [2.05, 4.69) is 15.5 Å². The minimum absolute atomic E-state index is 0.141. The van der Waals surface area contributed by atoms with Crippen molar-refractivity contribution >= 4 is 38.6 Å². The van der Waals surface area contributed by atoms with E-state index in [9.17, 15) is 15.2 Å². The summed E-state index contributed by atoms with van der Waals surface area (Å²) in [4.78, 5) is 14.3. The van der Waals surface area contributed by atoms with E-state index in [-0.39, 0.29) is 5.56 Å². The maximum absolute atomic E-state index is 11.8. The number of nitro groups is 1. The Morgan fingerprint density at radius 3 is 2.82 bits per heavy atom. The van der Waals surface area contributed by atoms with Gasteiger partial charge in [0.15, 0.2) is 0 Å². The second-order valence-corrected chi connectivity index (χ2v) is 5.34. The molecule has 0 radical (unpaired) electrons. The van der Waals surface area contributed by atoms with Gasteiger partial charge in [-0.2, -0.15) is 5.10 Å². The van der Waals surface area contributed by atoms with Crippen LogP contribution in [0.5, 0.6) is 5.75 Å². The standard InChI is InChI=1S/C14H10N4O3S/c19-13-9(4-3-6-11(13)18(20)21)8-15-17-14-16-10-5-1-2-7-12(10)22-14/h1-8,19H,(H,16,17)/p-1/b15-8+. The van der Waals surface area contributed by atoms with Crippen molar-refractivity contribution in [2.75, 3.05) is 5.43 Å². The maximum atomic E-state index is 11.8. The zero-order valence-corrected chi connectivity index (χ0v) is 11.9. The van der Waals surface area contributed by atoms with Crippen molar-refractivity contribution in [1.29, 1.82) is 0 Å². The highest BCUT2D eigenvalue weighted by atomic mass is 32.1. The van der Waals surface area contributed by atoms with Crippen LogP contribution in [-0.2, 0) is 0 Å². The first-order valence-electron chi connectivity index (χ1n) is 6.24. The predicted octanol–water partition coefficient (Wildman–Crippen LogP) is 2.72. The molecule has 0 saturated carbocycles. The van der Waals surface area contributed by atoms with Crippen LogP contribution in [0.2, 0.25) is 0 Å². The maximum Gasteiger partial charge on any atom is 0.262 e. The number of anilines is 1. The average molecular weight is 313 g/mol. The quantitative estimate of drug-likeness (QED) is 0.453. The fourth-order valence-electron chi connectivity index (χ4n) is 1.86. The second-order valence-electron chi connectivity index (χ2n) is 4.31. The fraction of sp³-hybridized carbons (Fsp3) is 0. The lowest BCUT2D eigenvalue weighted by Crippen LogP contribution is -2.02. The number of benzene rings is 2. The number of thiazole rings is 1. The summed E-state index contributed by atoms with van der Waals surface area (Å²) in [5.41, 5.74) is 3.25. The lowest BCUT2D eigenvalue weighted by molar-refractivity contribution is -0.398. The van der Waals surface area contributed by atoms with E-state index >= 15 is 0 Å². The van der Waals surface area contributed by atoms with E-state index in [1.165, 1.54) is 35.8 Å². The SMILES string of the molecule is O=[N+]([O-])c1cccc(/C=N/Nc2nc3ccccc3s2)c1[O-]. The molecule has 0 aliphatic carbocycles. The Morgan fingerprint density at radius 1 is 1.23 bits per heavy atom. The molecule has 3 aromatic rings. The Balaban J connectivity index is 1.80. The molecule has 0 aliphatic rings. The summed E-state index contributed by atoms with van der Waals surface area (Å²) in [6, 6.07) is 11.7. The summed E-state index contributed by atoms with van der Waals surface area (Å²) in [5, 5.41) is 27.0. The molecule has 8 heteroatoms. The van der Waals surface area contributed by atoms with Crippen LogP contribution in [0.1, 0.15) is 5.56 Å². The molecule has 0 fully saturated rings. The molecule has 0 spiro atoms. The van der Waals surface area contributed by atoms with Crippen LogP contribution in [0.4, 0.5) is 10.8 Å². The van der Waals surface area contributed by atoms with E-state index < -0.39 is 16.4 Å². The number of fused-ring (bicyclic) bond motifs is 1. The average Bonchev–Trinajstić information content (AvgIpc) is 2.91. The van der Waals surface area contributed by atoms with Gasteiger partial charge in [-0.05, 0) is 23.4 Å². The van der Waals surface area contributed by atoms with Crippen molar-refractivity contribution in [2.45, 2.75) is 0 Å². The number of hydrazone groups is 1. The summed E-state index contributed by atoms with van der Waals surface area (Å²) >= 11 is 1.42. The number of hydrogen-bond donors (Lipinski definition) is 1. The van der Waals surface area contributed by atoms with Gasteiger partial charge in [0.05, 0.1) is 21.4 Å². The molecule has 3 rings (SSSR count). The van der Waals surface area contributed by atoms with Gasteiger partial charge in [0, 0.05) is 6.07 Å². The fourth-order valence-corrected chi connectivity index (χ4v) is 2.68. The summed E-state index contributed by atoms with van der Waals surface area (Å²) < 4.78 is 1.01. The van der Waals surface area contributed by atoms with Gasteiger partial charge in [0.2, 0.25) is 5.13 Å². The highest BCUT2D eigenvalue weighted by molar-refractivity contribution is 7.22. The van der Waals surface area contributed by atoms with Crippen molar-refractivity contribution in [1.82, 2.24) is 4.98 Å². The first-order chi connectivity index (χ1) is 10.6. The van der Waals surface area contributed by atoms with Gasteiger partial charge in [0.1, 0.15) is 0 Å². The Kier molecular flexibility index (Phi) is 3.67. The molecule has 7 nitrogen and oxygen atoms in total. The molecule has 1 N–H and O–H groups in total. The Hall–Kier alpha value is -3.00. The molecule has 2 aromatic carbocycles. The van der Waals surface area contributed by atoms with Gasteiger partial charge in [0.25, 0.3) is 5.69 Å². The van der Waals surface area contributed by atoms with E-state index in [0.717, 1.165) is 10.2 Å². The highest BCUT2D eigenvalue weighted by Gasteiger charge is 2.08. The molecule has 110 valence electrons. The van der Waals surface area contributed by atoms with E-state index in [1.54, 1.807) is 0 Å². The van der Waals surface area contributed by atoms with Gasteiger partial charge in [-0.3, -0.25) is 15.5 Å². The van der Waals surface area contributed by atoms with Crippen LogP contribution < -0.4 is 10.5 Å². The van der Waals surface area contributed by atoms with Gasteiger partial charge in [-0.1, -0.05) is 35.6 Å². The molecule has 0 unspecified atom stereocenters. The molecule has 0 bridgehead atoms. The van der Waals surface area contributed by atoms with Crippen LogP contribution in [-0.4, -0.2) is 16.1 Å². The highest BCUT2D eigenvalue weighted by Crippen LogP contribution is 2.26. The lowest BCUT2D eigenvalue weighted by Gasteiger charge is -2.09. The number of hydrogen-bond acceptors (Lipinski definition) is 7. The molecule has 0 atom stereocenters. The van der Waals surface area contributed by atoms with Crippen LogP contribution >= 0.6 is 11.3 Å². The predicted molar refractivity (Wildman–Crippen MR) is 83.4 cm³/mol. The second kappa shape index (κ2) is 5.78. The zero-order chi connectivity index (χ0) is 15.5. The Morgan fingerprint density at radius 2 is 2.05 bits per heavy atom. The topological polar surface area (TPSA) is 103 Å². The lowest BCUT2D eigenvalue weighted by atomic mass is 10.2. The number of para-hydroxylation sites is 2. The smallest absolute Gasteiger partial charge is 0.262 e. The molecule has 0 aliphatic heterocycles. The van der Waals surface area contributed by atoms with E-state index in [4.69, 9.17) is 0 Å². The van der Waals surface area contributed by atoms with Crippen molar-refractivity contribution in [2.24, 2.45) is 5.10 Å². The zero-order valence-electron chi connectivity index (χ0n) is 11.1. The van der Waals surface area contributed by atoms with Crippen LogP contribution in [0.25, 0.3) is 10.2 Å². The summed E-state index contributed by atoms with van der Waals surface area (Å²) in [6.45, 7) is 0. The monoisotopic (exact) mass is 313 g/mol. The minimum atomic E-state index is -0.708. The number of rotatable bonds is 4. The number of nitrogens with zero attached hydrogens (tertiary/aromatic N) is 3. The van der Waals surface area contributed by atoms with Crippen molar-refractivity contribution in [3.8, 4) is 5.75 Å². The summed E-state index contributed by atoms with van der Waals surface area (Å²) in [7, 11) is 0. The van der Waals surface area contributed by atoms with Crippen LogP contribution in [0, 0.1) is 10.1 Å². The first kappa shape index (κ1) is 14.0. The van der Waals surface area contributed by atoms with Gasteiger partial charge in [-0.15, -0.1) is 0 Å². The third-order valence-corrected chi connectivity index (χ3v) is 3.82. The molecule has 0 saturated heterocycles. The third-order valence-electron chi connectivity index (χ3n) is 2.88. The Labute approximate surface area is 128 Å². The molecule has 22 heavy (non-hydrogen) atoms. The van der Waals surface area contributed by atoms with Crippen molar-refractivity contribution < 1.29 is 10.0 Å². The summed E-state index contributed by atoms with van der Waals surface area (Å²) in [5.74, 6) is -0.664. The molecule has 1 heterocycles. The van der Waals surface area contributed by atoms with Crippen LogP contribution in [0.15, 0.2) is 47.6 Å². The minimum Gasteiger partial charge on any atom is -0.867 e. The number of aromatic nitrogens is 1. The van der Waals surface area contributed by atoms with Crippen molar-refractivity contribution in [3.05, 3.63) is 58.1 Å². The normalized spacial score (nSPS) is 11.1. The van der Waals surface area contributed by atoms with E-state index in [0.29, 0.717) is 5.13 Å². The van der Waals surface area contributed by atoms with Crippen molar-refractivity contribution in [3.63, 3.8) is 0 Å². The van der Waals surface area contributed by atoms with Gasteiger partial charge < -0.3 is 5.11 Å². The number of nitrogens with one attached hydrogen (secondary N) is 1. The van der Waals surface area contributed by atoms with Crippen LogP contribution in [0.3, 0.4) is 0 Å². The molecule has 1 aromatic heterocycles. The molecule has 0 amide bonds.